The van der Waals surface area contributed by atoms with Crippen molar-refractivity contribution in [3.8, 4) is 0 Å². The van der Waals surface area contributed by atoms with Crippen molar-refractivity contribution >= 4 is 17.4 Å². The summed E-state index contributed by atoms with van der Waals surface area (Å²) in [6, 6.07) is 6.85. The number of ketones is 1. The highest BCUT2D eigenvalue weighted by Gasteiger charge is 2.04. The molecule has 0 saturated heterocycles. The van der Waals surface area contributed by atoms with Crippen molar-refractivity contribution in [3.63, 3.8) is 0 Å². The van der Waals surface area contributed by atoms with Gasteiger partial charge < -0.3 is 4.74 Å². The second-order valence-electron chi connectivity index (χ2n) is 3.34. The molecule has 15 heavy (non-hydrogen) atoms. The summed E-state index contributed by atoms with van der Waals surface area (Å²) in [5, 5.41) is 0.637. The Bertz CT molecular complexity index is 306. The first-order valence-corrected chi connectivity index (χ1v) is 5.48. The van der Waals surface area contributed by atoms with E-state index >= 15 is 0 Å². The van der Waals surface area contributed by atoms with Crippen molar-refractivity contribution in [3.05, 3.63) is 34.9 Å². The number of benzene rings is 1. The van der Waals surface area contributed by atoms with Gasteiger partial charge >= 0.3 is 0 Å². The topological polar surface area (TPSA) is 26.3 Å². The zero-order valence-corrected chi connectivity index (χ0v) is 9.59. The number of hydrogen-bond donors (Lipinski definition) is 0. The van der Waals surface area contributed by atoms with Crippen LogP contribution in [0.25, 0.3) is 0 Å². The highest BCUT2D eigenvalue weighted by atomic mass is 35.5. The van der Waals surface area contributed by atoms with Gasteiger partial charge in [-0.15, -0.1) is 0 Å². The van der Waals surface area contributed by atoms with Crippen LogP contribution in [0.5, 0.6) is 0 Å². The number of halogens is 1. The van der Waals surface area contributed by atoms with Crippen molar-refractivity contribution in [2.24, 2.45) is 0 Å². The van der Waals surface area contributed by atoms with Gasteiger partial charge in [0.15, 0.2) is 5.78 Å². The zero-order valence-electron chi connectivity index (χ0n) is 8.83. The van der Waals surface area contributed by atoms with Gasteiger partial charge in [-0.2, -0.15) is 0 Å². The number of ether oxygens (including phenoxy) is 1. The van der Waals surface area contributed by atoms with Gasteiger partial charge in [0, 0.05) is 17.2 Å². The molecule has 1 aromatic rings. The Morgan fingerprint density at radius 1 is 1.33 bits per heavy atom. The van der Waals surface area contributed by atoms with E-state index in [1.165, 1.54) is 0 Å². The molecule has 0 heterocycles. The van der Waals surface area contributed by atoms with Crippen LogP contribution in [0.1, 0.15) is 30.1 Å². The van der Waals surface area contributed by atoms with Gasteiger partial charge in [-0.25, -0.2) is 0 Å². The number of carbonyl (C=O) groups is 1. The minimum absolute atomic E-state index is 0.00256. The average molecular weight is 227 g/mol. The molecule has 0 fully saturated rings. The molecule has 2 nitrogen and oxygen atoms in total. The van der Waals surface area contributed by atoms with Crippen molar-refractivity contribution in [1.82, 2.24) is 0 Å². The number of hydrogen-bond acceptors (Lipinski definition) is 2. The first kappa shape index (κ1) is 12.2. The van der Waals surface area contributed by atoms with Gasteiger partial charge in [-0.3, -0.25) is 4.79 Å². The van der Waals surface area contributed by atoms with Gasteiger partial charge in [-0.1, -0.05) is 24.9 Å². The van der Waals surface area contributed by atoms with E-state index in [4.69, 9.17) is 16.3 Å². The molecule has 3 heteroatoms. The lowest BCUT2D eigenvalue weighted by molar-refractivity contribution is 0.0754. The number of unbranched alkanes of at least 4 members (excludes halogenated alkanes) is 1. The van der Waals surface area contributed by atoms with Crippen molar-refractivity contribution in [2.75, 3.05) is 13.2 Å². The molecule has 1 rings (SSSR count). The van der Waals surface area contributed by atoms with E-state index < -0.39 is 0 Å². The van der Waals surface area contributed by atoms with Crippen molar-refractivity contribution in [1.29, 1.82) is 0 Å². The Morgan fingerprint density at radius 3 is 2.60 bits per heavy atom. The van der Waals surface area contributed by atoms with Crippen LogP contribution >= 0.6 is 11.6 Å². The van der Waals surface area contributed by atoms with Crippen LogP contribution in [0, 0.1) is 0 Å². The van der Waals surface area contributed by atoms with E-state index in [0.717, 1.165) is 12.8 Å². The fourth-order valence-corrected chi connectivity index (χ4v) is 1.26. The molecule has 0 saturated carbocycles. The number of carbonyl (C=O) groups excluding carboxylic acids is 1. The monoisotopic (exact) mass is 226 g/mol. The fraction of sp³-hybridized carbons (Fsp3) is 0.417. The smallest absolute Gasteiger partial charge is 0.188 e. The van der Waals surface area contributed by atoms with Gasteiger partial charge in [0.25, 0.3) is 0 Å². The molecule has 82 valence electrons. The molecule has 0 atom stereocenters. The second-order valence-corrected chi connectivity index (χ2v) is 3.77. The Balaban J connectivity index is 2.37. The summed E-state index contributed by atoms with van der Waals surface area (Å²) in [4.78, 5) is 11.6. The van der Waals surface area contributed by atoms with Crippen LogP contribution in [0.2, 0.25) is 5.02 Å². The van der Waals surface area contributed by atoms with Crippen LogP contribution in [-0.2, 0) is 4.74 Å². The lowest BCUT2D eigenvalue weighted by Crippen LogP contribution is -2.09. The molecule has 0 aliphatic heterocycles. The quantitative estimate of drug-likeness (QED) is 0.549. The van der Waals surface area contributed by atoms with E-state index in [2.05, 4.69) is 6.92 Å². The normalized spacial score (nSPS) is 10.3. The number of Topliss-reactive ketones (excluding diaryl/α,β-unsaturated/α-hetero) is 1. The molecular weight excluding hydrogens is 212 g/mol. The second kappa shape index (κ2) is 6.59. The molecule has 0 N–H and O–H groups in total. The third kappa shape index (κ3) is 4.45. The zero-order chi connectivity index (χ0) is 11.1. The first-order chi connectivity index (χ1) is 7.24. The molecule has 0 aliphatic rings. The highest BCUT2D eigenvalue weighted by Crippen LogP contribution is 2.10. The minimum Gasteiger partial charge on any atom is -0.373 e. The van der Waals surface area contributed by atoms with Crippen LogP contribution in [0.15, 0.2) is 24.3 Å². The van der Waals surface area contributed by atoms with E-state index in [9.17, 15) is 4.79 Å². The van der Waals surface area contributed by atoms with Gasteiger partial charge in [0.1, 0.15) is 6.61 Å². The van der Waals surface area contributed by atoms with Gasteiger partial charge in [-0.05, 0) is 30.7 Å². The number of rotatable bonds is 6. The van der Waals surface area contributed by atoms with Crippen LogP contribution in [-0.4, -0.2) is 19.0 Å². The summed E-state index contributed by atoms with van der Waals surface area (Å²) in [5.41, 5.74) is 0.649. The Kier molecular flexibility index (Phi) is 5.37. The lowest BCUT2D eigenvalue weighted by Gasteiger charge is -2.02. The maximum atomic E-state index is 11.6. The Labute approximate surface area is 95.2 Å². The molecule has 0 aliphatic carbocycles. The summed E-state index contributed by atoms with van der Waals surface area (Å²) in [6.07, 6.45) is 2.07. The minimum atomic E-state index is 0.00256. The van der Waals surface area contributed by atoms with Gasteiger partial charge in [0.2, 0.25) is 0 Å². The Morgan fingerprint density at radius 2 is 2.00 bits per heavy atom. The third-order valence-electron chi connectivity index (χ3n) is 2.04. The van der Waals surface area contributed by atoms with E-state index in [1.54, 1.807) is 24.3 Å². The van der Waals surface area contributed by atoms with Gasteiger partial charge in [0.05, 0.1) is 0 Å². The molecular formula is C12H15ClO2. The third-order valence-corrected chi connectivity index (χ3v) is 2.29. The maximum Gasteiger partial charge on any atom is 0.188 e. The highest BCUT2D eigenvalue weighted by molar-refractivity contribution is 6.30. The molecule has 0 amide bonds. The summed E-state index contributed by atoms with van der Waals surface area (Å²) < 4.78 is 5.24. The standard InChI is InChI=1S/C12H15ClO2/c1-2-3-8-15-9-12(14)10-4-6-11(13)7-5-10/h4-7H,2-3,8-9H2,1H3. The molecule has 0 unspecified atom stereocenters. The van der Waals surface area contributed by atoms with E-state index in [1.807, 2.05) is 0 Å². The van der Waals surface area contributed by atoms with Crippen LogP contribution < -0.4 is 0 Å². The van der Waals surface area contributed by atoms with Crippen LogP contribution in [0.3, 0.4) is 0 Å². The van der Waals surface area contributed by atoms with E-state index in [-0.39, 0.29) is 12.4 Å². The predicted molar refractivity (Wildman–Crippen MR) is 61.5 cm³/mol. The molecule has 0 bridgehead atoms. The lowest BCUT2D eigenvalue weighted by atomic mass is 10.1. The molecule has 1 aromatic carbocycles. The predicted octanol–water partition coefficient (Wildman–Crippen LogP) is 3.34. The largest absolute Gasteiger partial charge is 0.373 e. The summed E-state index contributed by atoms with van der Waals surface area (Å²) in [7, 11) is 0. The molecule has 0 aromatic heterocycles. The summed E-state index contributed by atoms with van der Waals surface area (Å²) in [5.74, 6) is 0.00256. The SMILES string of the molecule is CCCCOCC(=O)c1ccc(Cl)cc1. The van der Waals surface area contributed by atoms with Crippen molar-refractivity contribution in [2.45, 2.75) is 19.8 Å². The van der Waals surface area contributed by atoms with Crippen molar-refractivity contribution < 1.29 is 9.53 Å². The van der Waals surface area contributed by atoms with Crippen LogP contribution in [0.4, 0.5) is 0 Å². The Hall–Kier alpha value is -0.860. The van der Waals surface area contributed by atoms with E-state index in [0.29, 0.717) is 17.2 Å². The maximum absolute atomic E-state index is 11.6. The molecule has 0 spiro atoms. The summed E-state index contributed by atoms with van der Waals surface area (Å²) >= 11 is 5.72. The average Bonchev–Trinajstić information content (AvgIpc) is 2.25. The fourth-order valence-electron chi connectivity index (χ4n) is 1.13. The molecule has 0 radical (unpaired) electrons. The first-order valence-electron chi connectivity index (χ1n) is 5.10. The summed E-state index contributed by atoms with van der Waals surface area (Å²) in [6.45, 7) is 2.89.